The Morgan fingerprint density at radius 1 is 1.27 bits per heavy atom. The minimum atomic E-state index is -1.65. The SMILES string of the molecule is CCCOC(O)(CC(C)(C)C)C(O)CO. The van der Waals surface area contributed by atoms with Crippen molar-refractivity contribution in [2.24, 2.45) is 5.41 Å². The second-order valence-electron chi connectivity index (χ2n) is 5.13. The lowest BCUT2D eigenvalue weighted by Gasteiger charge is -2.36. The van der Waals surface area contributed by atoms with Crippen molar-refractivity contribution in [3.05, 3.63) is 0 Å². The monoisotopic (exact) mass is 220 g/mol. The number of aliphatic hydroxyl groups excluding tert-OH is 2. The molecule has 92 valence electrons. The first-order valence-corrected chi connectivity index (χ1v) is 5.40. The van der Waals surface area contributed by atoms with E-state index in [1.54, 1.807) is 0 Å². The maximum Gasteiger partial charge on any atom is 0.194 e. The van der Waals surface area contributed by atoms with E-state index in [2.05, 4.69) is 0 Å². The molecule has 0 saturated heterocycles. The van der Waals surface area contributed by atoms with Crippen molar-refractivity contribution < 1.29 is 20.1 Å². The van der Waals surface area contributed by atoms with Crippen LogP contribution in [-0.4, -0.2) is 40.4 Å². The maximum absolute atomic E-state index is 10.1. The number of rotatable bonds is 6. The fourth-order valence-corrected chi connectivity index (χ4v) is 1.45. The molecule has 2 atom stereocenters. The highest BCUT2D eigenvalue weighted by Gasteiger charge is 2.39. The number of hydrogen-bond acceptors (Lipinski definition) is 4. The Morgan fingerprint density at radius 3 is 2.13 bits per heavy atom. The first kappa shape index (κ1) is 14.8. The molecule has 0 aliphatic carbocycles. The summed E-state index contributed by atoms with van der Waals surface area (Å²) in [6.45, 7) is 7.61. The lowest BCUT2D eigenvalue weighted by atomic mass is 9.85. The highest BCUT2D eigenvalue weighted by molar-refractivity contribution is 4.82. The largest absolute Gasteiger partial charge is 0.393 e. The fraction of sp³-hybridized carbons (Fsp3) is 1.00. The number of ether oxygens (including phenoxy) is 1. The van der Waals surface area contributed by atoms with Crippen LogP contribution >= 0.6 is 0 Å². The zero-order valence-electron chi connectivity index (χ0n) is 10.2. The van der Waals surface area contributed by atoms with Gasteiger partial charge in [0.2, 0.25) is 0 Å². The number of aliphatic hydroxyl groups is 3. The van der Waals surface area contributed by atoms with Gasteiger partial charge in [0.05, 0.1) is 6.61 Å². The molecule has 0 aromatic heterocycles. The first-order chi connectivity index (χ1) is 6.75. The van der Waals surface area contributed by atoms with Crippen molar-refractivity contribution in [3.63, 3.8) is 0 Å². The molecule has 0 radical (unpaired) electrons. The zero-order valence-corrected chi connectivity index (χ0v) is 10.2. The van der Waals surface area contributed by atoms with E-state index in [-0.39, 0.29) is 11.8 Å². The Morgan fingerprint density at radius 2 is 1.80 bits per heavy atom. The van der Waals surface area contributed by atoms with Crippen LogP contribution in [0, 0.1) is 5.41 Å². The topological polar surface area (TPSA) is 69.9 Å². The summed E-state index contributed by atoms with van der Waals surface area (Å²) in [6, 6.07) is 0. The van der Waals surface area contributed by atoms with Gasteiger partial charge in [0.15, 0.2) is 5.79 Å². The van der Waals surface area contributed by atoms with Crippen LogP contribution in [0.2, 0.25) is 0 Å². The molecule has 0 heterocycles. The molecule has 0 aromatic carbocycles. The molecule has 4 nitrogen and oxygen atoms in total. The molecular formula is C11H24O4. The van der Waals surface area contributed by atoms with Gasteiger partial charge in [-0.05, 0) is 11.8 Å². The summed E-state index contributed by atoms with van der Waals surface area (Å²) in [7, 11) is 0. The number of hydrogen-bond donors (Lipinski definition) is 3. The van der Waals surface area contributed by atoms with Crippen molar-refractivity contribution in [2.45, 2.75) is 52.4 Å². The molecule has 0 aliphatic rings. The van der Waals surface area contributed by atoms with E-state index in [1.807, 2.05) is 27.7 Å². The summed E-state index contributed by atoms with van der Waals surface area (Å²) in [5.74, 6) is -1.65. The van der Waals surface area contributed by atoms with Crippen LogP contribution in [0.25, 0.3) is 0 Å². The van der Waals surface area contributed by atoms with Crippen molar-refractivity contribution >= 4 is 0 Å². The third-order valence-electron chi connectivity index (χ3n) is 2.03. The van der Waals surface area contributed by atoms with E-state index in [9.17, 15) is 10.2 Å². The quantitative estimate of drug-likeness (QED) is 0.581. The van der Waals surface area contributed by atoms with Crippen molar-refractivity contribution in [1.29, 1.82) is 0 Å². The van der Waals surface area contributed by atoms with Crippen LogP contribution in [0.15, 0.2) is 0 Å². The van der Waals surface area contributed by atoms with E-state index in [0.717, 1.165) is 6.42 Å². The van der Waals surface area contributed by atoms with E-state index in [0.29, 0.717) is 6.61 Å². The van der Waals surface area contributed by atoms with Gasteiger partial charge < -0.3 is 20.1 Å². The van der Waals surface area contributed by atoms with E-state index in [4.69, 9.17) is 9.84 Å². The molecule has 15 heavy (non-hydrogen) atoms. The van der Waals surface area contributed by atoms with Gasteiger partial charge in [0, 0.05) is 13.0 Å². The Kier molecular flexibility index (Phi) is 5.73. The lowest BCUT2D eigenvalue weighted by Crippen LogP contribution is -2.49. The molecule has 0 spiro atoms. The minimum Gasteiger partial charge on any atom is -0.393 e. The summed E-state index contributed by atoms with van der Waals surface area (Å²) in [5, 5.41) is 28.5. The first-order valence-electron chi connectivity index (χ1n) is 5.40. The van der Waals surface area contributed by atoms with E-state index < -0.39 is 18.5 Å². The molecule has 0 aromatic rings. The molecule has 0 amide bonds. The predicted octanol–water partition coefficient (Wildman–Crippen LogP) is 0.891. The van der Waals surface area contributed by atoms with Crippen LogP contribution in [0.3, 0.4) is 0 Å². The smallest absolute Gasteiger partial charge is 0.194 e. The minimum absolute atomic E-state index is 0.182. The highest BCUT2D eigenvalue weighted by Crippen LogP contribution is 2.30. The molecule has 4 heteroatoms. The van der Waals surface area contributed by atoms with Gasteiger partial charge in [-0.3, -0.25) is 0 Å². The standard InChI is InChI=1S/C11H24O4/c1-5-6-15-11(14,9(13)7-12)8-10(2,3)4/h9,12-14H,5-8H2,1-4H3. The molecule has 0 saturated carbocycles. The Hall–Kier alpha value is -0.160. The van der Waals surface area contributed by atoms with E-state index in [1.165, 1.54) is 0 Å². The van der Waals surface area contributed by atoms with Gasteiger partial charge >= 0.3 is 0 Å². The highest BCUT2D eigenvalue weighted by atomic mass is 16.6. The third kappa shape index (κ3) is 5.47. The van der Waals surface area contributed by atoms with Gasteiger partial charge in [-0.15, -0.1) is 0 Å². The predicted molar refractivity (Wildman–Crippen MR) is 58.4 cm³/mol. The molecule has 0 fully saturated rings. The molecular weight excluding hydrogens is 196 g/mol. The van der Waals surface area contributed by atoms with Crippen LogP contribution in [0.4, 0.5) is 0 Å². The van der Waals surface area contributed by atoms with Gasteiger partial charge in [-0.1, -0.05) is 27.7 Å². The molecule has 0 aliphatic heterocycles. The summed E-state index contributed by atoms with van der Waals surface area (Å²) in [6.07, 6.45) is -0.227. The van der Waals surface area contributed by atoms with Crippen LogP contribution in [0.1, 0.15) is 40.5 Å². The van der Waals surface area contributed by atoms with Crippen molar-refractivity contribution in [3.8, 4) is 0 Å². The lowest BCUT2D eigenvalue weighted by molar-refractivity contribution is -0.275. The Balaban J connectivity index is 4.54. The van der Waals surface area contributed by atoms with Gasteiger partial charge in [0.1, 0.15) is 6.10 Å². The summed E-state index contributed by atoms with van der Waals surface area (Å²) in [4.78, 5) is 0. The van der Waals surface area contributed by atoms with E-state index >= 15 is 0 Å². The molecule has 3 N–H and O–H groups in total. The van der Waals surface area contributed by atoms with Gasteiger partial charge in [-0.25, -0.2) is 0 Å². The normalized spacial score (nSPS) is 18.6. The summed E-state index contributed by atoms with van der Waals surface area (Å²) >= 11 is 0. The summed E-state index contributed by atoms with van der Waals surface area (Å²) in [5.41, 5.74) is -0.182. The average molecular weight is 220 g/mol. The average Bonchev–Trinajstić information content (AvgIpc) is 2.10. The summed E-state index contributed by atoms with van der Waals surface area (Å²) < 4.78 is 5.25. The second kappa shape index (κ2) is 5.80. The molecule has 2 unspecified atom stereocenters. The van der Waals surface area contributed by atoms with Crippen molar-refractivity contribution in [2.75, 3.05) is 13.2 Å². The van der Waals surface area contributed by atoms with Crippen LogP contribution in [0.5, 0.6) is 0 Å². The Bertz CT molecular complexity index is 176. The van der Waals surface area contributed by atoms with Gasteiger partial charge in [-0.2, -0.15) is 0 Å². The van der Waals surface area contributed by atoms with Crippen LogP contribution < -0.4 is 0 Å². The molecule has 0 rings (SSSR count). The van der Waals surface area contributed by atoms with Gasteiger partial charge in [0.25, 0.3) is 0 Å². The Labute approximate surface area is 91.9 Å². The zero-order chi connectivity index (χ0) is 12.1. The fourth-order valence-electron chi connectivity index (χ4n) is 1.45. The van der Waals surface area contributed by atoms with Crippen LogP contribution in [-0.2, 0) is 4.74 Å². The third-order valence-corrected chi connectivity index (χ3v) is 2.03. The molecule has 0 bridgehead atoms. The second-order valence-corrected chi connectivity index (χ2v) is 5.13. The van der Waals surface area contributed by atoms with Crippen molar-refractivity contribution in [1.82, 2.24) is 0 Å². The maximum atomic E-state index is 10.1.